The number of hydrogen-bond donors (Lipinski definition) is 1. The molecule has 0 fully saturated rings. The van der Waals surface area contributed by atoms with Crippen molar-refractivity contribution in [1.82, 2.24) is 0 Å². The maximum Gasteiger partial charge on any atom is 0.262 e. The average Bonchev–Trinajstić information content (AvgIpc) is 2.54. The van der Waals surface area contributed by atoms with Gasteiger partial charge in [0.15, 0.2) is 6.61 Å². The van der Waals surface area contributed by atoms with Gasteiger partial charge in [-0.2, -0.15) is 0 Å². The zero-order valence-corrected chi connectivity index (χ0v) is 13.6. The highest BCUT2D eigenvalue weighted by Gasteiger charge is 2.11. The Morgan fingerprint density at radius 3 is 2.55 bits per heavy atom. The Morgan fingerprint density at radius 1 is 1.18 bits per heavy atom. The summed E-state index contributed by atoms with van der Waals surface area (Å²) < 4.78 is 5.45. The van der Waals surface area contributed by atoms with Crippen LogP contribution >= 0.6 is 11.6 Å². The van der Waals surface area contributed by atoms with Gasteiger partial charge in [-0.05, 0) is 48.2 Å². The highest BCUT2D eigenvalue weighted by Crippen LogP contribution is 2.26. The van der Waals surface area contributed by atoms with Crippen LogP contribution in [0, 0.1) is 0 Å². The molecule has 0 unspecified atom stereocenters. The first-order valence-electron chi connectivity index (χ1n) is 7.37. The van der Waals surface area contributed by atoms with Gasteiger partial charge in [0.25, 0.3) is 5.91 Å². The number of amides is 1. The van der Waals surface area contributed by atoms with Crippen LogP contribution in [-0.2, 0) is 4.79 Å². The molecule has 4 heteroatoms. The molecule has 0 aliphatic carbocycles. The van der Waals surface area contributed by atoms with Gasteiger partial charge in [0, 0.05) is 10.7 Å². The zero-order valence-electron chi connectivity index (χ0n) is 12.8. The summed E-state index contributed by atoms with van der Waals surface area (Å²) in [5.74, 6) is 0.842. The van der Waals surface area contributed by atoms with Crippen molar-refractivity contribution in [3.8, 4) is 5.75 Å². The quantitative estimate of drug-likeness (QED) is 0.825. The molecule has 1 atom stereocenters. The highest BCUT2D eigenvalue weighted by atomic mass is 35.5. The van der Waals surface area contributed by atoms with Crippen molar-refractivity contribution in [3.05, 3.63) is 59.1 Å². The van der Waals surface area contributed by atoms with Crippen LogP contribution in [0.2, 0.25) is 5.02 Å². The number of rotatable bonds is 6. The summed E-state index contributed by atoms with van der Waals surface area (Å²) >= 11 is 5.81. The van der Waals surface area contributed by atoms with Gasteiger partial charge in [0.1, 0.15) is 5.75 Å². The molecule has 116 valence electrons. The van der Waals surface area contributed by atoms with E-state index in [0.29, 0.717) is 16.7 Å². The van der Waals surface area contributed by atoms with Crippen LogP contribution in [-0.4, -0.2) is 12.5 Å². The van der Waals surface area contributed by atoms with Gasteiger partial charge in [0.2, 0.25) is 0 Å². The zero-order chi connectivity index (χ0) is 15.9. The molecule has 0 saturated heterocycles. The molecule has 1 N–H and O–H groups in total. The average molecular weight is 318 g/mol. The molecule has 1 amide bonds. The second-order valence-electron chi connectivity index (χ2n) is 5.19. The summed E-state index contributed by atoms with van der Waals surface area (Å²) in [6.07, 6.45) is 1.02. The monoisotopic (exact) mass is 317 g/mol. The molecular formula is C18H20ClNO2. The number of anilines is 1. The van der Waals surface area contributed by atoms with Gasteiger partial charge >= 0.3 is 0 Å². The number of halogens is 1. The standard InChI is InChI=1S/C18H20ClNO2/c1-3-13(2)16-6-4-5-7-17(16)20-18(21)12-22-15-10-8-14(19)9-11-15/h4-11,13H,3,12H2,1-2H3,(H,20,21)/t13-/m0/s1. The fourth-order valence-electron chi connectivity index (χ4n) is 2.13. The maximum atomic E-state index is 12.1. The van der Waals surface area contributed by atoms with Crippen LogP contribution < -0.4 is 10.1 Å². The molecule has 0 saturated carbocycles. The lowest BCUT2D eigenvalue weighted by Gasteiger charge is -2.15. The van der Waals surface area contributed by atoms with E-state index >= 15 is 0 Å². The normalized spacial score (nSPS) is 11.8. The molecule has 22 heavy (non-hydrogen) atoms. The number of ether oxygens (including phenoxy) is 1. The van der Waals surface area contributed by atoms with Gasteiger partial charge < -0.3 is 10.1 Å². The lowest BCUT2D eigenvalue weighted by atomic mass is 9.97. The molecule has 3 nitrogen and oxygen atoms in total. The third-order valence-corrected chi connectivity index (χ3v) is 3.81. The summed E-state index contributed by atoms with van der Waals surface area (Å²) in [5, 5.41) is 3.56. The smallest absolute Gasteiger partial charge is 0.262 e. The van der Waals surface area contributed by atoms with Crippen LogP contribution in [0.25, 0.3) is 0 Å². The predicted molar refractivity (Wildman–Crippen MR) is 90.7 cm³/mol. The third kappa shape index (κ3) is 4.50. The topological polar surface area (TPSA) is 38.3 Å². The number of benzene rings is 2. The maximum absolute atomic E-state index is 12.1. The van der Waals surface area contributed by atoms with Crippen molar-refractivity contribution in [1.29, 1.82) is 0 Å². The molecule has 2 aromatic rings. The van der Waals surface area contributed by atoms with E-state index in [1.165, 1.54) is 0 Å². The molecule has 2 aromatic carbocycles. The molecule has 0 aliphatic heterocycles. The van der Waals surface area contributed by atoms with E-state index < -0.39 is 0 Å². The van der Waals surface area contributed by atoms with E-state index in [0.717, 1.165) is 17.7 Å². The Hall–Kier alpha value is -2.00. The predicted octanol–water partition coefficient (Wildman–Crippen LogP) is 4.87. The van der Waals surface area contributed by atoms with Crippen molar-refractivity contribution < 1.29 is 9.53 Å². The summed E-state index contributed by atoms with van der Waals surface area (Å²) in [6.45, 7) is 4.25. The van der Waals surface area contributed by atoms with Gasteiger partial charge in [-0.25, -0.2) is 0 Å². The Kier molecular flexibility index (Phi) is 5.84. The largest absolute Gasteiger partial charge is 0.484 e. The Balaban J connectivity index is 1.96. The molecular weight excluding hydrogens is 298 g/mol. The van der Waals surface area contributed by atoms with E-state index in [1.54, 1.807) is 24.3 Å². The summed E-state index contributed by atoms with van der Waals surface area (Å²) in [5.41, 5.74) is 1.99. The van der Waals surface area contributed by atoms with E-state index in [1.807, 2.05) is 24.3 Å². The Morgan fingerprint density at radius 2 is 1.86 bits per heavy atom. The van der Waals surface area contributed by atoms with E-state index in [4.69, 9.17) is 16.3 Å². The van der Waals surface area contributed by atoms with Crippen molar-refractivity contribution in [2.45, 2.75) is 26.2 Å². The van der Waals surface area contributed by atoms with Gasteiger partial charge in [-0.1, -0.05) is 43.6 Å². The Bertz CT molecular complexity index is 625. The molecule has 0 aromatic heterocycles. The fraction of sp³-hybridized carbons (Fsp3) is 0.278. The summed E-state index contributed by atoms with van der Waals surface area (Å²) in [4.78, 5) is 12.1. The minimum atomic E-state index is -0.175. The summed E-state index contributed by atoms with van der Waals surface area (Å²) in [6, 6.07) is 14.8. The number of para-hydroxylation sites is 1. The second kappa shape index (κ2) is 7.85. The SMILES string of the molecule is CC[C@H](C)c1ccccc1NC(=O)COc1ccc(Cl)cc1. The van der Waals surface area contributed by atoms with Crippen LogP contribution in [0.4, 0.5) is 5.69 Å². The van der Waals surface area contributed by atoms with Gasteiger partial charge in [0.05, 0.1) is 0 Å². The lowest BCUT2D eigenvalue weighted by molar-refractivity contribution is -0.118. The highest BCUT2D eigenvalue weighted by molar-refractivity contribution is 6.30. The van der Waals surface area contributed by atoms with Crippen molar-refractivity contribution in [3.63, 3.8) is 0 Å². The fourth-order valence-corrected chi connectivity index (χ4v) is 2.25. The number of nitrogens with one attached hydrogen (secondary N) is 1. The van der Waals surface area contributed by atoms with Crippen molar-refractivity contribution in [2.75, 3.05) is 11.9 Å². The van der Waals surface area contributed by atoms with Crippen LogP contribution in [0.1, 0.15) is 31.7 Å². The number of carbonyl (C=O) groups is 1. The van der Waals surface area contributed by atoms with Crippen LogP contribution in [0.5, 0.6) is 5.75 Å². The molecule has 0 aliphatic rings. The van der Waals surface area contributed by atoms with Crippen molar-refractivity contribution >= 4 is 23.2 Å². The van der Waals surface area contributed by atoms with E-state index in [2.05, 4.69) is 19.2 Å². The van der Waals surface area contributed by atoms with Gasteiger partial charge in [-0.3, -0.25) is 4.79 Å². The lowest BCUT2D eigenvalue weighted by Crippen LogP contribution is -2.21. The summed E-state index contributed by atoms with van der Waals surface area (Å²) in [7, 11) is 0. The molecule has 0 heterocycles. The third-order valence-electron chi connectivity index (χ3n) is 3.56. The molecule has 0 spiro atoms. The van der Waals surface area contributed by atoms with E-state index in [9.17, 15) is 4.79 Å². The van der Waals surface area contributed by atoms with Crippen LogP contribution in [0.3, 0.4) is 0 Å². The minimum absolute atomic E-state index is 0.0313. The second-order valence-corrected chi connectivity index (χ2v) is 5.62. The van der Waals surface area contributed by atoms with Crippen molar-refractivity contribution in [2.24, 2.45) is 0 Å². The van der Waals surface area contributed by atoms with E-state index in [-0.39, 0.29) is 12.5 Å². The molecule has 0 bridgehead atoms. The van der Waals surface area contributed by atoms with Gasteiger partial charge in [-0.15, -0.1) is 0 Å². The molecule has 0 radical (unpaired) electrons. The number of hydrogen-bond acceptors (Lipinski definition) is 2. The number of carbonyl (C=O) groups excluding carboxylic acids is 1. The van der Waals surface area contributed by atoms with Crippen LogP contribution in [0.15, 0.2) is 48.5 Å². The first kappa shape index (κ1) is 16.4. The molecule has 2 rings (SSSR count). The first-order valence-corrected chi connectivity index (χ1v) is 7.75. The Labute approximate surface area is 136 Å². The first-order chi connectivity index (χ1) is 10.6. The minimum Gasteiger partial charge on any atom is -0.484 e.